The Hall–Kier alpha value is -1.66. The quantitative estimate of drug-likeness (QED) is 0.554. The Morgan fingerprint density at radius 2 is 1.94 bits per heavy atom. The summed E-state index contributed by atoms with van der Waals surface area (Å²) in [5.41, 5.74) is 0.319. The number of esters is 1. The normalized spacial score (nSPS) is 51.1. The first-order chi connectivity index (χ1) is 15.2. The number of hydrogen-bond donors (Lipinski definition) is 1. The molecule has 0 unspecified atom stereocenters. The van der Waals surface area contributed by atoms with E-state index >= 15 is 0 Å². The minimum atomic E-state index is -0.369. The predicted molar refractivity (Wildman–Crippen MR) is 116 cm³/mol. The molecule has 0 aromatic carbocycles. The van der Waals surface area contributed by atoms with Crippen LogP contribution < -0.4 is 5.63 Å². The number of carbonyl (C=O) groups is 1. The topological polar surface area (TPSA) is 89.3 Å². The average Bonchev–Trinajstić information content (AvgIpc) is 3.44. The van der Waals surface area contributed by atoms with Gasteiger partial charge in [0.2, 0.25) is 0 Å². The minimum absolute atomic E-state index is 0.0471. The molecular weight excluding hydrogens is 408 g/mol. The number of rotatable bonds is 2. The van der Waals surface area contributed by atoms with Crippen LogP contribution in [0.15, 0.2) is 27.6 Å². The lowest BCUT2D eigenvalue weighted by Crippen LogP contribution is -2.58. The monoisotopic (exact) mass is 442 g/mol. The second-order valence-electron chi connectivity index (χ2n) is 11.6. The van der Waals surface area contributed by atoms with Crippen molar-refractivity contribution in [2.24, 2.45) is 28.6 Å². The van der Waals surface area contributed by atoms with Crippen molar-refractivity contribution in [3.63, 3.8) is 0 Å². The number of carbonyl (C=O) groups excluding carboxylic acids is 1. The third-order valence-electron chi connectivity index (χ3n) is 10.5. The van der Waals surface area contributed by atoms with Crippen LogP contribution in [0, 0.1) is 28.6 Å². The molecule has 6 rings (SSSR count). The van der Waals surface area contributed by atoms with E-state index in [2.05, 4.69) is 13.8 Å². The second kappa shape index (κ2) is 6.69. The van der Waals surface area contributed by atoms with Gasteiger partial charge in [0.1, 0.15) is 17.8 Å². The molecule has 6 nitrogen and oxygen atoms in total. The van der Waals surface area contributed by atoms with Crippen molar-refractivity contribution in [3.05, 3.63) is 34.4 Å². The highest BCUT2D eigenvalue weighted by atomic mass is 16.7. The largest absolute Gasteiger partial charge is 0.459 e. The van der Waals surface area contributed by atoms with Gasteiger partial charge in [0, 0.05) is 24.3 Å². The van der Waals surface area contributed by atoms with Crippen LogP contribution in [-0.2, 0) is 14.3 Å². The van der Waals surface area contributed by atoms with Gasteiger partial charge < -0.3 is 19.0 Å². The Kier molecular flexibility index (Phi) is 4.37. The van der Waals surface area contributed by atoms with E-state index in [0.717, 1.165) is 50.5 Å². The van der Waals surface area contributed by atoms with E-state index in [1.54, 1.807) is 6.26 Å². The lowest BCUT2D eigenvalue weighted by molar-refractivity contribution is -0.158. The molecule has 32 heavy (non-hydrogen) atoms. The Morgan fingerprint density at radius 3 is 2.66 bits per heavy atom. The number of aliphatic hydroxyl groups is 1. The van der Waals surface area contributed by atoms with Gasteiger partial charge in [-0.2, -0.15) is 0 Å². The highest BCUT2D eigenvalue weighted by molar-refractivity contribution is 5.66. The van der Waals surface area contributed by atoms with Gasteiger partial charge in [0.15, 0.2) is 0 Å². The van der Waals surface area contributed by atoms with Crippen molar-refractivity contribution in [3.8, 4) is 0 Å². The summed E-state index contributed by atoms with van der Waals surface area (Å²) in [7, 11) is 0. The van der Waals surface area contributed by atoms with Gasteiger partial charge in [-0.1, -0.05) is 13.8 Å². The third-order valence-corrected chi connectivity index (χ3v) is 10.5. The summed E-state index contributed by atoms with van der Waals surface area (Å²) in [5.74, 6) is 1.24. The summed E-state index contributed by atoms with van der Waals surface area (Å²) in [5, 5.41) is 10.3. The summed E-state index contributed by atoms with van der Waals surface area (Å²) in [4.78, 5) is 23.7. The molecule has 0 bridgehead atoms. The van der Waals surface area contributed by atoms with Crippen LogP contribution in [0.1, 0.15) is 77.2 Å². The van der Waals surface area contributed by atoms with Crippen LogP contribution in [0.3, 0.4) is 0 Å². The molecule has 5 aliphatic rings. The second-order valence-corrected chi connectivity index (χ2v) is 11.6. The van der Waals surface area contributed by atoms with Gasteiger partial charge in [-0.15, -0.1) is 0 Å². The van der Waals surface area contributed by atoms with Gasteiger partial charge >= 0.3 is 11.6 Å². The zero-order valence-corrected chi connectivity index (χ0v) is 19.2. The molecule has 6 heteroatoms. The van der Waals surface area contributed by atoms with Crippen molar-refractivity contribution in [2.75, 3.05) is 0 Å². The predicted octanol–water partition coefficient (Wildman–Crippen LogP) is 3.80. The van der Waals surface area contributed by atoms with Gasteiger partial charge in [-0.25, -0.2) is 4.79 Å². The fourth-order valence-corrected chi connectivity index (χ4v) is 9.10. The molecule has 0 radical (unpaired) electrons. The number of hydrogen-bond acceptors (Lipinski definition) is 6. The Balaban J connectivity index is 1.41. The molecule has 1 saturated heterocycles. The van der Waals surface area contributed by atoms with Crippen LogP contribution in [0.5, 0.6) is 0 Å². The molecule has 1 aliphatic heterocycles. The van der Waals surface area contributed by atoms with Crippen LogP contribution in [-0.4, -0.2) is 35.0 Å². The zero-order chi connectivity index (χ0) is 22.5. The van der Waals surface area contributed by atoms with Crippen molar-refractivity contribution in [2.45, 2.75) is 95.5 Å². The fourth-order valence-electron chi connectivity index (χ4n) is 9.10. The summed E-state index contributed by atoms with van der Waals surface area (Å²) in [6, 6.07) is 3.30. The van der Waals surface area contributed by atoms with Gasteiger partial charge in [0.25, 0.3) is 0 Å². The Morgan fingerprint density at radius 1 is 1.12 bits per heavy atom. The first-order valence-electron chi connectivity index (χ1n) is 12.3. The van der Waals surface area contributed by atoms with Gasteiger partial charge in [0.05, 0.1) is 12.4 Å². The van der Waals surface area contributed by atoms with Crippen LogP contribution >= 0.6 is 0 Å². The molecule has 1 aromatic heterocycles. The van der Waals surface area contributed by atoms with Gasteiger partial charge in [-0.05, 0) is 79.7 Å². The third kappa shape index (κ3) is 2.54. The highest BCUT2D eigenvalue weighted by Crippen LogP contribution is 2.78. The first-order valence-corrected chi connectivity index (χ1v) is 12.3. The average molecular weight is 443 g/mol. The molecular formula is C26H34O6. The summed E-state index contributed by atoms with van der Waals surface area (Å²) in [6.45, 7) is 6.23. The van der Waals surface area contributed by atoms with E-state index in [1.807, 2.05) is 6.07 Å². The lowest BCUT2D eigenvalue weighted by atomic mass is 9.44. The maximum absolute atomic E-state index is 12.1. The molecule has 174 valence electrons. The molecule has 5 fully saturated rings. The van der Waals surface area contributed by atoms with Crippen molar-refractivity contribution in [1.82, 2.24) is 0 Å². The van der Waals surface area contributed by atoms with Gasteiger partial charge in [-0.3, -0.25) is 4.79 Å². The standard InChI is InChI=1S/C26H34O6/c1-14(27)31-22-21(15-4-7-20(29)30-13-15)25(3)11-9-18-19(26(25)23(22)32-26)6-5-16-12-17(28)8-10-24(16,18)2/h4,7,13,16-19,21-23,28H,5-6,8-12H2,1-3H3/t16-,17-,18-,19+,21-,22-,23+,24-,25-,26-/m0/s1. The molecule has 4 aliphatic carbocycles. The molecule has 0 amide bonds. The Bertz CT molecular complexity index is 982. The van der Waals surface area contributed by atoms with Crippen molar-refractivity contribution >= 4 is 5.97 Å². The fraction of sp³-hybridized carbons (Fsp3) is 0.769. The summed E-state index contributed by atoms with van der Waals surface area (Å²) < 4.78 is 17.8. The van der Waals surface area contributed by atoms with E-state index < -0.39 is 0 Å². The molecule has 10 atom stereocenters. The molecule has 2 heterocycles. The smallest absolute Gasteiger partial charge is 0.335 e. The molecule has 1 aromatic rings. The summed E-state index contributed by atoms with van der Waals surface area (Å²) >= 11 is 0. The van der Waals surface area contributed by atoms with Crippen LogP contribution in [0.2, 0.25) is 0 Å². The maximum atomic E-state index is 12.1. The van der Waals surface area contributed by atoms with Crippen molar-refractivity contribution in [1.29, 1.82) is 0 Å². The molecule has 4 saturated carbocycles. The molecule has 1 N–H and O–H groups in total. The maximum Gasteiger partial charge on any atom is 0.335 e. The van der Waals surface area contributed by atoms with Crippen molar-refractivity contribution < 1.29 is 23.8 Å². The zero-order valence-electron chi connectivity index (χ0n) is 19.2. The Labute approximate surface area is 188 Å². The number of aliphatic hydroxyl groups excluding tert-OH is 1. The number of fused-ring (bicyclic) bond motifs is 3. The van der Waals surface area contributed by atoms with E-state index in [4.69, 9.17) is 13.9 Å². The first kappa shape index (κ1) is 20.9. The van der Waals surface area contributed by atoms with E-state index in [1.165, 1.54) is 13.0 Å². The number of epoxide rings is 1. The lowest BCUT2D eigenvalue weighted by Gasteiger charge is -2.61. The highest BCUT2D eigenvalue weighted by Gasteiger charge is 2.84. The number of ether oxygens (including phenoxy) is 2. The minimum Gasteiger partial charge on any atom is -0.459 e. The summed E-state index contributed by atoms with van der Waals surface area (Å²) in [6.07, 6.45) is 8.20. The van der Waals surface area contributed by atoms with Crippen LogP contribution in [0.25, 0.3) is 0 Å². The van der Waals surface area contributed by atoms with E-state index in [9.17, 15) is 14.7 Å². The molecule has 1 spiro atoms. The van der Waals surface area contributed by atoms with E-state index in [-0.39, 0.29) is 52.3 Å². The SMILES string of the molecule is CC(=O)O[C@@H]1[C@H]2O[C@@]23[C@@H]2CC[C@H]4C[C@@H](O)CC[C@]4(C)[C@H]2CC[C@@]3(C)[C@H]1c1ccc(=O)oc1. The van der Waals surface area contributed by atoms with E-state index in [0.29, 0.717) is 17.8 Å². The van der Waals surface area contributed by atoms with Crippen LogP contribution in [0.4, 0.5) is 0 Å².